The van der Waals surface area contributed by atoms with Gasteiger partial charge in [-0.25, -0.2) is 0 Å². The van der Waals surface area contributed by atoms with Gasteiger partial charge in [0.1, 0.15) is 11.3 Å². The number of hydrogen-bond acceptors (Lipinski definition) is 1. The normalized spacial score (nSPS) is 11.8. The Kier molecular flexibility index (Phi) is 2.46. The van der Waals surface area contributed by atoms with E-state index < -0.39 is 17.8 Å². The Morgan fingerprint density at radius 3 is 2.12 bits per heavy atom. The Balaban J connectivity index is 2.47. The van der Waals surface area contributed by atoms with E-state index in [0.717, 1.165) is 0 Å². The van der Waals surface area contributed by atoms with Crippen LogP contribution in [0.1, 0.15) is 5.56 Å². The molecule has 0 amide bonds. The van der Waals surface area contributed by atoms with Crippen molar-refractivity contribution in [3.63, 3.8) is 0 Å². The predicted molar refractivity (Wildman–Crippen MR) is 49.1 cm³/mol. The van der Waals surface area contributed by atoms with Gasteiger partial charge in [0.25, 0.3) is 6.01 Å². The van der Waals surface area contributed by atoms with Crippen LogP contribution in [-0.4, -0.2) is 0 Å². The van der Waals surface area contributed by atoms with Gasteiger partial charge in [0, 0.05) is 11.6 Å². The summed E-state index contributed by atoms with van der Waals surface area (Å²) in [7, 11) is 0. The lowest BCUT2D eigenvalue weighted by atomic mass is 10.1. The van der Waals surface area contributed by atoms with Crippen molar-refractivity contribution in [1.82, 2.24) is 0 Å². The minimum atomic E-state index is -4.74. The van der Waals surface area contributed by atoms with E-state index in [1.54, 1.807) is 30.3 Å². The monoisotopic (exact) mass is 230 g/mol. The molecule has 0 fully saturated rings. The first-order chi connectivity index (χ1) is 7.48. The van der Waals surface area contributed by atoms with Crippen LogP contribution in [0.15, 0.2) is 40.8 Å². The van der Waals surface area contributed by atoms with Gasteiger partial charge in [-0.1, -0.05) is 30.3 Å². The summed E-state index contributed by atoms with van der Waals surface area (Å²) in [5, 5.41) is 0. The molecule has 1 aromatic carbocycles. The third-order valence-electron chi connectivity index (χ3n) is 2.05. The summed E-state index contributed by atoms with van der Waals surface area (Å²) in [4.78, 5) is 0. The van der Waals surface area contributed by atoms with Crippen molar-refractivity contribution >= 4 is 0 Å². The minimum Gasteiger partial charge on any atom is -0.431 e. The van der Waals surface area contributed by atoms with Gasteiger partial charge in [0.05, 0.1) is 0 Å². The van der Waals surface area contributed by atoms with Gasteiger partial charge in [-0.2, -0.15) is 17.6 Å². The lowest BCUT2D eigenvalue weighted by Gasteiger charge is -2.00. The van der Waals surface area contributed by atoms with Crippen LogP contribution in [0.2, 0.25) is 0 Å². The van der Waals surface area contributed by atoms with Crippen LogP contribution < -0.4 is 0 Å². The summed E-state index contributed by atoms with van der Waals surface area (Å²) >= 11 is 0. The van der Waals surface area contributed by atoms with Crippen molar-refractivity contribution in [2.24, 2.45) is 0 Å². The average molecular weight is 230 g/mol. The first kappa shape index (κ1) is 10.7. The first-order valence-corrected chi connectivity index (χ1v) is 4.40. The zero-order chi connectivity index (χ0) is 11.8. The summed E-state index contributed by atoms with van der Waals surface area (Å²) in [6.45, 7) is 0. The smallest absolute Gasteiger partial charge is 0.422 e. The Hall–Kier alpha value is -1.78. The molecule has 0 spiro atoms. The molecule has 84 valence electrons. The van der Waals surface area contributed by atoms with Gasteiger partial charge in [0.2, 0.25) is 0 Å². The molecule has 2 rings (SSSR count). The molecule has 0 saturated heterocycles. The second-order valence-corrected chi connectivity index (χ2v) is 3.16. The number of halogens is 4. The van der Waals surface area contributed by atoms with E-state index in [1.165, 1.54) is 0 Å². The van der Waals surface area contributed by atoms with Crippen LogP contribution in [0.25, 0.3) is 11.3 Å². The van der Waals surface area contributed by atoms with E-state index in [2.05, 4.69) is 4.42 Å². The highest BCUT2D eigenvalue weighted by Gasteiger charge is 2.37. The summed E-state index contributed by atoms with van der Waals surface area (Å²) in [5.74, 6) is -0.134. The van der Waals surface area contributed by atoms with E-state index >= 15 is 0 Å². The maximum absolute atomic E-state index is 12.9. The molecule has 0 bridgehead atoms. The molecule has 0 saturated carbocycles. The van der Waals surface area contributed by atoms with Crippen LogP contribution in [0.4, 0.5) is 17.6 Å². The minimum absolute atomic E-state index is 0.134. The molecule has 16 heavy (non-hydrogen) atoms. The van der Waals surface area contributed by atoms with E-state index in [0.29, 0.717) is 11.6 Å². The Morgan fingerprint density at radius 1 is 1.00 bits per heavy atom. The molecule has 2 aromatic rings. The van der Waals surface area contributed by atoms with Gasteiger partial charge in [-0.15, -0.1) is 0 Å². The second kappa shape index (κ2) is 3.66. The molecule has 0 aliphatic heterocycles. The van der Waals surface area contributed by atoms with E-state index in [4.69, 9.17) is 0 Å². The highest BCUT2D eigenvalue weighted by Crippen LogP contribution is 2.36. The quantitative estimate of drug-likeness (QED) is 0.672. The number of furan rings is 1. The molecular formula is C11H6F4O. The average Bonchev–Trinajstić information content (AvgIpc) is 2.61. The van der Waals surface area contributed by atoms with Gasteiger partial charge in [0.15, 0.2) is 0 Å². The Bertz CT molecular complexity index is 484. The molecule has 0 radical (unpaired) electrons. The topological polar surface area (TPSA) is 13.1 Å². The fourth-order valence-electron chi connectivity index (χ4n) is 1.31. The van der Waals surface area contributed by atoms with Gasteiger partial charge in [-0.05, 0) is 0 Å². The highest BCUT2D eigenvalue weighted by atomic mass is 19.4. The first-order valence-electron chi connectivity index (χ1n) is 4.40. The summed E-state index contributed by atoms with van der Waals surface area (Å²) in [6.07, 6.45) is -4.74. The van der Waals surface area contributed by atoms with E-state index in [1.807, 2.05) is 0 Å². The van der Waals surface area contributed by atoms with Crippen molar-refractivity contribution in [3.8, 4) is 11.3 Å². The van der Waals surface area contributed by atoms with E-state index in [9.17, 15) is 17.6 Å². The van der Waals surface area contributed by atoms with Crippen LogP contribution in [0, 0.1) is 6.01 Å². The molecule has 1 heterocycles. The lowest BCUT2D eigenvalue weighted by Crippen LogP contribution is -2.04. The fraction of sp³-hybridized carbons (Fsp3) is 0.0909. The van der Waals surface area contributed by atoms with Crippen LogP contribution in [0.3, 0.4) is 0 Å². The number of rotatable bonds is 1. The third kappa shape index (κ3) is 1.93. The van der Waals surface area contributed by atoms with Crippen molar-refractivity contribution in [1.29, 1.82) is 0 Å². The number of hydrogen-bond donors (Lipinski definition) is 0. The maximum Gasteiger partial charge on any atom is 0.422 e. The Labute approximate surface area is 88.3 Å². The Morgan fingerprint density at radius 2 is 1.62 bits per heavy atom. The third-order valence-corrected chi connectivity index (χ3v) is 2.05. The van der Waals surface area contributed by atoms with Gasteiger partial charge in [-0.3, -0.25) is 0 Å². The molecule has 0 unspecified atom stereocenters. The zero-order valence-corrected chi connectivity index (χ0v) is 7.88. The van der Waals surface area contributed by atoms with Crippen molar-refractivity contribution in [2.75, 3.05) is 0 Å². The van der Waals surface area contributed by atoms with E-state index in [-0.39, 0.29) is 5.76 Å². The summed E-state index contributed by atoms with van der Waals surface area (Å²) in [6, 6.07) is 7.09. The van der Waals surface area contributed by atoms with Crippen molar-refractivity contribution < 1.29 is 22.0 Å². The second-order valence-electron chi connectivity index (χ2n) is 3.16. The lowest BCUT2D eigenvalue weighted by molar-refractivity contribution is -0.141. The standard InChI is InChI=1S/C11H6F4O/c12-10-8(11(13,14)15)6-9(16-10)7-4-2-1-3-5-7/h1-6H. The molecular weight excluding hydrogens is 224 g/mol. The molecule has 5 heteroatoms. The molecule has 0 aliphatic carbocycles. The highest BCUT2D eigenvalue weighted by molar-refractivity contribution is 5.58. The van der Waals surface area contributed by atoms with Gasteiger partial charge < -0.3 is 4.42 Å². The number of benzene rings is 1. The molecule has 0 N–H and O–H groups in total. The molecule has 1 nitrogen and oxygen atoms in total. The fourth-order valence-corrected chi connectivity index (χ4v) is 1.31. The van der Waals surface area contributed by atoms with Crippen LogP contribution in [-0.2, 0) is 6.18 Å². The SMILES string of the molecule is Fc1oc(-c2ccccc2)cc1C(F)(F)F. The predicted octanol–water partition coefficient (Wildman–Crippen LogP) is 4.10. The van der Waals surface area contributed by atoms with Crippen LogP contribution >= 0.6 is 0 Å². The van der Waals surface area contributed by atoms with Gasteiger partial charge >= 0.3 is 6.18 Å². The summed E-state index contributed by atoms with van der Waals surface area (Å²) < 4.78 is 54.2. The molecule has 0 atom stereocenters. The van der Waals surface area contributed by atoms with Crippen molar-refractivity contribution in [3.05, 3.63) is 48.0 Å². The van der Waals surface area contributed by atoms with Crippen molar-refractivity contribution in [2.45, 2.75) is 6.18 Å². The number of alkyl halides is 3. The summed E-state index contributed by atoms with van der Waals surface area (Å²) in [5.41, 5.74) is -0.983. The van der Waals surface area contributed by atoms with Crippen LogP contribution in [0.5, 0.6) is 0 Å². The largest absolute Gasteiger partial charge is 0.431 e. The maximum atomic E-state index is 12.9. The molecule has 1 aromatic heterocycles. The molecule has 0 aliphatic rings. The zero-order valence-electron chi connectivity index (χ0n) is 7.88.